The number of esters is 1. The summed E-state index contributed by atoms with van der Waals surface area (Å²) in [6.45, 7) is 6.68. The van der Waals surface area contributed by atoms with Gasteiger partial charge in [0.1, 0.15) is 0 Å². The van der Waals surface area contributed by atoms with Gasteiger partial charge in [-0.1, -0.05) is 19.9 Å². The minimum absolute atomic E-state index is 0.208. The maximum atomic E-state index is 10.7. The van der Waals surface area contributed by atoms with Crippen molar-refractivity contribution < 1.29 is 24.2 Å². The summed E-state index contributed by atoms with van der Waals surface area (Å²) in [5.74, 6) is -1.55. The number of rotatable bonds is 6. The van der Waals surface area contributed by atoms with Crippen LogP contribution < -0.4 is 0 Å². The van der Waals surface area contributed by atoms with Crippen LogP contribution in [0.2, 0.25) is 0 Å². The van der Waals surface area contributed by atoms with Crippen molar-refractivity contribution in [3.63, 3.8) is 0 Å². The Balaban J connectivity index is 0.000000388. The van der Waals surface area contributed by atoms with Crippen molar-refractivity contribution in [3.05, 3.63) is 24.9 Å². The lowest BCUT2D eigenvalue weighted by molar-refractivity contribution is -0.138. The Morgan fingerprint density at radius 1 is 1.45 bits per heavy atom. The highest BCUT2D eigenvalue weighted by atomic mass is 16.5. The molecule has 1 aliphatic heterocycles. The predicted molar refractivity (Wildman–Crippen MR) is 73.8 cm³/mol. The monoisotopic (exact) mass is 283 g/mol. The second-order valence-corrected chi connectivity index (χ2v) is 4.07. The van der Waals surface area contributed by atoms with E-state index in [2.05, 4.69) is 11.3 Å². The summed E-state index contributed by atoms with van der Waals surface area (Å²) in [4.78, 5) is 32.9. The fourth-order valence-corrected chi connectivity index (χ4v) is 1.37. The molecular weight excluding hydrogens is 262 g/mol. The van der Waals surface area contributed by atoms with Crippen molar-refractivity contribution in [2.75, 3.05) is 13.2 Å². The summed E-state index contributed by atoms with van der Waals surface area (Å²) in [5, 5.41) is 8.14. The number of ether oxygens (including phenoxy) is 1. The van der Waals surface area contributed by atoms with Crippen LogP contribution in [0.25, 0.3) is 0 Å². The third-order valence-corrected chi connectivity index (χ3v) is 2.43. The molecule has 0 atom stereocenters. The van der Waals surface area contributed by atoms with E-state index in [1.54, 1.807) is 11.1 Å². The molecule has 1 N–H and O–H groups in total. The molecule has 0 aromatic heterocycles. The molecule has 0 bridgehead atoms. The van der Waals surface area contributed by atoms with E-state index in [1.165, 1.54) is 0 Å². The molecule has 1 fully saturated rings. The van der Waals surface area contributed by atoms with Crippen LogP contribution in [0, 0.1) is 0 Å². The van der Waals surface area contributed by atoms with E-state index in [0.717, 1.165) is 38.0 Å². The summed E-state index contributed by atoms with van der Waals surface area (Å²) in [5.41, 5.74) is 0. The number of nitrogens with zero attached hydrogens (tertiary/aromatic N) is 1. The molecule has 0 aromatic rings. The standard InChI is InChI=1S/C8H12O4.C6H9NO/c1-2-3-6-12-8(11)5-4-7(9)10;1-2-7-5-3-4-6(7)8/h4-5H,2-3,6H2,1H3,(H,9,10);2H,1,3-5H2. The van der Waals surface area contributed by atoms with Gasteiger partial charge in [-0.3, -0.25) is 4.79 Å². The number of carboxylic acid groups (broad SMARTS) is 1. The highest BCUT2D eigenvalue weighted by molar-refractivity contribution is 5.90. The van der Waals surface area contributed by atoms with Crippen LogP contribution in [-0.2, 0) is 19.1 Å². The Labute approximate surface area is 118 Å². The smallest absolute Gasteiger partial charge is 0.331 e. The molecule has 1 aliphatic rings. The van der Waals surface area contributed by atoms with Crippen LogP contribution in [0.1, 0.15) is 32.6 Å². The largest absolute Gasteiger partial charge is 0.478 e. The predicted octanol–water partition coefficient (Wildman–Crippen LogP) is 1.72. The molecule has 6 nitrogen and oxygen atoms in total. The van der Waals surface area contributed by atoms with E-state index in [9.17, 15) is 14.4 Å². The zero-order chi connectivity index (χ0) is 15.4. The summed E-state index contributed by atoms with van der Waals surface area (Å²) in [7, 11) is 0. The number of unbranched alkanes of at least 4 members (excludes halogenated alkanes) is 1. The topological polar surface area (TPSA) is 83.9 Å². The second kappa shape index (κ2) is 10.8. The highest BCUT2D eigenvalue weighted by Crippen LogP contribution is 2.08. The summed E-state index contributed by atoms with van der Waals surface area (Å²) in [6, 6.07) is 0. The maximum Gasteiger partial charge on any atom is 0.331 e. The first-order valence-corrected chi connectivity index (χ1v) is 6.51. The molecule has 1 heterocycles. The molecule has 0 unspecified atom stereocenters. The average Bonchev–Trinajstić information content (AvgIpc) is 2.83. The van der Waals surface area contributed by atoms with Gasteiger partial charge in [0.15, 0.2) is 0 Å². The first-order chi connectivity index (χ1) is 9.51. The van der Waals surface area contributed by atoms with Gasteiger partial charge in [0.05, 0.1) is 6.61 Å². The van der Waals surface area contributed by atoms with Gasteiger partial charge in [-0.2, -0.15) is 0 Å². The zero-order valence-electron chi connectivity index (χ0n) is 11.7. The van der Waals surface area contributed by atoms with Gasteiger partial charge in [0.25, 0.3) is 0 Å². The van der Waals surface area contributed by atoms with E-state index < -0.39 is 11.9 Å². The van der Waals surface area contributed by atoms with Gasteiger partial charge in [0, 0.05) is 25.1 Å². The molecule has 1 amide bonds. The van der Waals surface area contributed by atoms with E-state index >= 15 is 0 Å². The molecule has 0 saturated carbocycles. The summed E-state index contributed by atoms with van der Waals surface area (Å²) < 4.78 is 4.64. The second-order valence-electron chi connectivity index (χ2n) is 4.07. The quantitative estimate of drug-likeness (QED) is 0.456. The number of aliphatic carboxylic acids is 1. The van der Waals surface area contributed by atoms with Gasteiger partial charge in [-0.25, -0.2) is 9.59 Å². The normalized spacial score (nSPS) is 13.8. The molecule has 1 saturated heterocycles. The van der Waals surface area contributed by atoms with Gasteiger partial charge < -0.3 is 14.7 Å². The first kappa shape index (κ1) is 17.9. The third kappa shape index (κ3) is 8.91. The van der Waals surface area contributed by atoms with Crippen LogP contribution in [0.5, 0.6) is 0 Å². The summed E-state index contributed by atoms with van der Waals surface area (Å²) in [6.07, 6.45) is 6.68. The van der Waals surface area contributed by atoms with E-state index in [0.29, 0.717) is 13.0 Å². The van der Waals surface area contributed by atoms with Crippen molar-refractivity contribution in [3.8, 4) is 0 Å². The lowest BCUT2D eigenvalue weighted by atomic mass is 10.4. The van der Waals surface area contributed by atoms with Gasteiger partial charge in [-0.05, 0) is 19.0 Å². The Morgan fingerprint density at radius 2 is 2.15 bits per heavy atom. The molecule has 0 spiro atoms. The lowest BCUT2D eigenvalue weighted by Gasteiger charge is -2.05. The Bertz CT molecular complexity index is 376. The fourth-order valence-electron chi connectivity index (χ4n) is 1.37. The first-order valence-electron chi connectivity index (χ1n) is 6.51. The van der Waals surface area contributed by atoms with Crippen LogP contribution in [-0.4, -0.2) is 41.0 Å². The highest BCUT2D eigenvalue weighted by Gasteiger charge is 2.15. The number of hydrogen-bond acceptors (Lipinski definition) is 4. The fraction of sp³-hybridized carbons (Fsp3) is 0.500. The van der Waals surface area contributed by atoms with Crippen LogP contribution in [0.15, 0.2) is 24.9 Å². The van der Waals surface area contributed by atoms with Crippen LogP contribution in [0.4, 0.5) is 0 Å². The molecule has 0 aromatic carbocycles. The number of likely N-dealkylation sites (tertiary alicyclic amines) is 1. The molecule has 20 heavy (non-hydrogen) atoms. The van der Waals surface area contributed by atoms with Crippen molar-refractivity contribution in [2.45, 2.75) is 32.6 Å². The minimum Gasteiger partial charge on any atom is -0.478 e. The van der Waals surface area contributed by atoms with E-state index in [1.807, 2.05) is 6.92 Å². The van der Waals surface area contributed by atoms with Gasteiger partial charge in [0.2, 0.25) is 5.91 Å². The van der Waals surface area contributed by atoms with Gasteiger partial charge in [-0.15, -0.1) is 0 Å². The summed E-state index contributed by atoms with van der Waals surface area (Å²) >= 11 is 0. The number of carbonyl (C=O) groups is 3. The average molecular weight is 283 g/mol. The van der Waals surface area contributed by atoms with E-state index in [-0.39, 0.29) is 5.91 Å². The molecule has 0 radical (unpaired) electrons. The Kier molecular flexibility index (Phi) is 9.64. The number of amides is 1. The molecule has 6 heteroatoms. The van der Waals surface area contributed by atoms with Crippen molar-refractivity contribution in [1.82, 2.24) is 4.90 Å². The van der Waals surface area contributed by atoms with Crippen molar-refractivity contribution >= 4 is 17.8 Å². The number of hydrogen-bond donors (Lipinski definition) is 1. The Morgan fingerprint density at radius 3 is 2.55 bits per heavy atom. The van der Waals surface area contributed by atoms with Crippen molar-refractivity contribution in [2.24, 2.45) is 0 Å². The minimum atomic E-state index is -1.15. The van der Waals surface area contributed by atoms with Crippen LogP contribution >= 0.6 is 0 Å². The maximum absolute atomic E-state index is 10.7. The van der Waals surface area contributed by atoms with E-state index in [4.69, 9.17) is 5.11 Å². The number of carboxylic acids is 1. The zero-order valence-corrected chi connectivity index (χ0v) is 11.7. The number of carbonyl (C=O) groups excluding carboxylic acids is 2. The Hall–Kier alpha value is -2.11. The SMILES string of the molecule is C=CN1CCCC1=O.CCCCOC(=O)C=CC(=O)O. The van der Waals surface area contributed by atoms with Crippen molar-refractivity contribution in [1.29, 1.82) is 0 Å². The molecule has 112 valence electrons. The van der Waals surface area contributed by atoms with Crippen LogP contribution in [0.3, 0.4) is 0 Å². The molecule has 1 rings (SSSR count). The molecular formula is C14H21NO5. The third-order valence-electron chi connectivity index (χ3n) is 2.43. The lowest BCUT2D eigenvalue weighted by Crippen LogP contribution is -2.16. The molecule has 0 aliphatic carbocycles. The van der Waals surface area contributed by atoms with Gasteiger partial charge >= 0.3 is 11.9 Å².